The van der Waals surface area contributed by atoms with Crippen molar-refractivity contribution in [3.8, 4) is 0 Å². The second-order valence-corrected chi connectivity index (χ2v) is 6.23. The van der Waals surface area contributed by atoms with E-state index in [4.69, 9.17) is 5.73 Å². The lowest BCUT2D eigenvalue weighted by molar-refractivity contribution is 0.351. The van der Waals surface area contributed by atoms with Crippen LogP contribution in [0.2, 0.25) is 0 Å². The Kier molecular flexibility index (Phi) is 5.41. The van der Waals surface area contributed by atoms with Gasteiger partial charge in [-0.3, -0.25) is 0 Å². The van der Waals surface area contributed by atoms with Crippen molar-refractivity contribution in [1.29, 1.82) is 0 Å². The highest BCUT2D eigenvalue weighted by atomic mass is 19.1. The van der Waals surface area contributed by atoms with Crippen molar-refractivity contribution in [2.24, 2.45) is 17.6 Å². The van der Waals surface area contributed by atoms with E-state index in [0.29, 0.717) is 6.54 Å². The highest BCUT2D eigenvalue weighted by Gasteiger charge is 2.21. The van der Waals surface area contributed by atoms with Gasteiger partial charge in [-0.15, -0.1) is 0 Å². The van der Waals surface area contributed by atoms with Gasteiger partial charge in [-0.25, -0.2) is 4.39 Å². The predicted molar refractivity (Wildman–Crippen MR) is 83.6 cm³/mol. The molecule has 2 nitrogen and oxygen atoms in total. The molecule has 0 spiro atoms. The number of rotatable bonds is 4. The van der Waals surface area contributed by atoms with Gasteiger partial charge in [-0.1, -0.05) is 13.8 Å². The molecule has 112 valence electrons. The molecule has 1 atom stereocenters. The average molecular weight is 278 g/mol. The van der Waals surface area contributed by atoms with E-state index in [0.717, 1.165) is 36.9 Å². The van der Waals surface area contributed by atoms with Gasteiger partial charge in [-0.05, 0) is 67.8 Å². The number of anilines is 1. The Morgan fingerprint density at radius 3 is 2.80 bits per heavy atom. The van der Waals surface area contributed by atoms with E-state index in [1.165, 1.54) is 24.9 Å². The second-order valence-electron chi connectivity index (χ2n) is 6.23. The molecule has 0 amide bonds. The summed E-state index contributed by atoms with van der Waals surface area (Å²) in [6.07, 6.45) is 4.51. The van der Waals surface area contributed by atoms with Gasteiger partial charge >= 0.3 is 0 Å². The standard InChI is InChI=1S/C17H27FN2/c1-13(2)14-4-3-10-20(11-8-14)17-6-5-16(18)12-15(17)7-9-19/h5-6,12-14H,3-4,7-11,19H2,1-2H3. The van der Waals surface area contributed by atoms with Crippen LogP contribution < -0.4 is 10.6 Å². The average Bonchev–Trinajstić information content (AvgIpc) is 2.65. The molecule has 0 saturated carbocycles. The molecule has 20 heavy (non-hydrogen) atoms. The third-order valence-corrected chi connectivity index (χ3v) is 4.51. The molecule has 1 aliphatic rings. The summed E-state index contributed by atoms with van der Waals surface area (Å²) in [5, 5.41) is 0. The fourth-order valence-corrected chi connectivity index (χ4v) is 3.25. The molecule has 1 heterocycles. The van der Waals surface area contributed by atoms with Crippen molar-refractivity contribution in [3.63, 3.8) is 0 Å². The molecule has 2 N–H and O–H groups in total. The molecule has 0 bridgehead atoms. The zero-order valence-corrected chi connectivity index (χ0v) is 12.7. The summed E-state index contributed by atoms with van der Waals surface area (Å²) in [4.78, 5) is 2.42. The molecule has 1 saturated heterocycles. The summed E-state index contributed by atoms with van der Waals surface area (Å²) in [5.74, 6) is 1.41. The Morgan fingerprint density at radius 1 is 1.30 bits per heavy atom. The van der Waals surface area contributed by atoms with Crippen molar-refractivity contribution in [1.82, 2.24) is 0 Å². The summed E-state index contributed by atoms with van der Waals surface area (Å²) < 4.78 is 13.4. The van der Waals surface area contributed by atoms with Gasteiger partial charge in [0.15, 0.2) is 0 Å². The SMILES string of the molecule is CC(C)C1CCCN(c2ccc(F)cc2CCN)CC1. The molecular formula is C17H27FN2. The number of hydrogen-bond acceptors (Lipinski definition) is 2. The van der Waals surface area contributed by atoms with Crippen LogP contribution in [0.1, 0.15) is 38.7 Å². The Labute approximate surface area is 122 Å². The summed E-state index contributed by atoms with van der Waals surface area (Å²) in [7, 11) is 0. The first-order valence-corrected chi connectivity index (χ1v) is 7.85. The number of nitrogens with two attached hydrogens (primary N) is 1. The van der Waals surface area contributed by atoms with Crippen LogP contribution in [0.5, 0.6) is 0 Å². The molecule has 0 aromatic heterocycles. The normalized spacial score (nSPS) is 20.2. The molecule has 2 rings (SSSR count). The van der Waals surface area contributed by atoms with Crippen LogP contribution in [0.15, 0.2) is 18.2 Å². The van der Waals surface area contributed by atoms with Gasteiger partial charge in [0.25, 0.3) is 0 Å². The highest BCUT2D eigenvalue weighted by Crippen LogP contribution is 2.29. The molecule has 1 aromatic carbocycles. The van der Waals surface area contributed by atoms with Crippen molar-refractivity contribution in [3.05, 3.63) is 29.6 Å². The van der Waals surface area contributed by atoms with Gasteiger partial charge in [-0.2, -0.15) is 0 Å². The van der Waals surface area contributed by atoms with Crippen LogP contribution in [-0.2, 0) is 6.42 Å². The maximum atomic E-state index is 13.4. The van der Waals surface area contributed by atoms with Crippen molar-refractivity contribution >= 4 is 5.69 Å². The first kappa shape index (κ1) is 15.3. The minimum atomic E-state index is -0.160. The lowest BCUT2D eigenvalue weighted by atomic mass is 9.89. The smallest absolute Gasteiger partial charge is 0.123 e. The number of benzene rings is 1. The maximum absolute atomic E-state index is 13.4. The van der Waals surface area contributed by atoms with Crippen LogP contribution in [-0.4, -0.2) is 19.6 Å². The van der Waals surface area contributed by atoms with Crippen LogP contribution in [0, 0.1) is 17.7 Å². The topological polar surface area (TPSA) is 29.3 Å². The van der Waals surface area contributed by atoms with Crippen LogP contribution in [0.25, 0.3) is 0 Å². The second kappa shape index (κ2) is 7.07. The molecule has 1 unspecified atom stereocenters. The Morgan fingerprint density at radius 2 is 2.10 bits per heavy atom. The minimum Gasteiger partial charge on any atom is -0.371 e. The first-order valence-electron chi connectivity index (χ1n) is 7.85. The Balaban J connectivity index is 2.14. The van der Waals surface area contributed by atoms with E-state index in [-0.39, 0.29) is 5.82 Å². The molecule has 1 aromatic rings. The van der Waals surface area contributed by atoms with Gasteiger partial charge in [0.2, 0.25) is 0 Å². The summed E-state index contributed by atoms with van der Waals surface area (Å²) in [6, 6.07) is 5.14. The van der Waals surface area contributed by atoms with E-state index < -0.39 is 0 Å². The molecule has 1 aliphatic heterocycles. The molecular weight excluding hydrogens is 251 g/mol. The Hall–Kier alpha value is -1.09. The Bertz CT molecular complexity index is 431. The van der Waals surface area contributed by atoms with Gasteiger partial charge in [0.1, 0.15) is 5.82 Å². The van der Waals surface area contributed by atoms with E-state index >= 15 is 0 Å². The zero-order chi connectivity index (χ0) is 14.5. The van der Waals surface area contributed by atoms with E-state index in [1.807, 2.05) is 6.07 Å². The molecule has 3 heteroatoms. The highest BCUT2D eigenvalue weighted by molar-refractivity contribution is 5.54. The lowest BCUT2D eigenvalue weighted by Gasteiger charge is -2.26. The number of halogens is 1. The third-order valence-electron chi connectivity index (χ3n) is 4.51. The fourth-order valence-electron chi connectivity index (χ4n) is 3.25. The monoisotopic (exact) mass is 278 g/mol. The van der Waals surface area contributed by atoms with E-state index in [2.05, 4.69) is 18.7 Å². The predicted octanol–water partition coefficient (Wildman–Crippen LogP) is 3.59. The van der Waals surface area contributed by atoms with Gasteiger partial charge < -0.3 is 10.6 Å². The largest absolute Gasteiger partial charge is 0.371 e. The summed E-state index contributed by atoms with van der Waals surface area (Å²) >= 11 is 0. The summed E-state index contributed by atoms with van der Waals surface area (Å²) in [5.41, 5.74) is 7.89. The molecule has 0 radical (unpaired) electrons. The van der Waals surface area contributed by atoms with E-state index in [9.17, 15) is 4.39 Å². The number of hydrogen-bond donors (Lipinski definition) is 1. The van der Waals surface area contributed by atoms with Crippen LogP contribution in [0.3, 0.4) is 0 Å². The quantitative estimate of drug-likeness (QED) is 0.912. The third kappa shape index (κ3) is 3.72. The lowest BCUT2D eigenvalue weighted by Crippen LogP contribution is -2.26. The summed E-state index contributed by atoms with van der Waals surface area (Å²) in [6.45, 7) is 7.35. The first-order chi connectivity index (χ1) is 9.61. The van der Waals surface area contributed by atoms with Gasteiger partial charge in [0.05, 0.1) is 0 Å². The minimum absolute atomic E-state index is 0.160. The van der Waals surface area contributed by atoms with Crippen molar-refractivity contribution < 1.29 is 4.39 Å². The number of nitrogens with zero attached hydrogens (tertiary/aromatic N) is 1. The fraction of sp³-hybridized carbons (Fsp3) is 0.647. The van der Waals surface area contributed by atoms with Crippen LogP contribution >= 0.6 is 0 Å². The maximum Gasteiger partial charge on any atom is 0.123 e. The van der Waals surface area contributed by atoms with Crippen molar-refractivity contribution in [2.75, 3.05) is 24.5 Å². The zero-order valence-electron chi connectivity index (χ0n) is 12.7. The van der Waals surface area contributed by atoms with Crippen molar-refractivity contribution in [2.45, 2.75) is 39.5 Å². The van der Waals surface area contributed by atoms with Gasteiger partial charge in [0, 0.05) is 18.8 Å². The molecule has 0 aliphatic carbocycles. The van der Waals surface area contributed by atoms with E-state index in [1.54, 1.807) is 12.1 Å². The van der Waals surface area contributed by atoms with Crippen LogP contribution in [0.4, 0.5) is 10.1 Å². The molecule has 1 fully saturated rings.